The van der Waals surface area contributed by atoms with Crippen LogP contribution in [0.25, 0.3) is 0 Å². The number of hydrogen-bond acceptors (Lipinski definition) is 4. The first kappa shape index (κ1) is 17.9. The zero-order valence-corrected chi connectivity index (χ0v) is 11.9. The zero-order valence-electron chi connectivity index (χ0n) is 11.9. The molecule has 0 aromatic carbocycles. The molecule has 2 unspecified atom stereocenters. The fourth-order valence-corrected chi connectivity index (χ4v) is 1.47. The standard InChI is InChI=1S/C14H25NO4/c1-4-8-18-12(3)6-10-19-13(5-2)7-9-17-11-14(15)16/h1,12-13H,5-11H2,2-3H3,(H2,15,16). The van der Waals surface area contributed by atoms with Crippen LogP contribution in [-0.4, -0.2) is 44.5 Å². The van der Waals surface area contributed by atoms with Gasteiger partial charge in [0.05, 0.1) is 12.2 Å². The summed E-state index contributed by atoms with van der Waals surface area (Å²) >= 11 is 0. The van der Waals surface area contributed by atoms with Crippen molar-refractivity contribution >= 4 is 5.91 Å². The zero-order chi connectivity index (χ0) is 14.5. The Hall–Kier alpha value is -1.09. The van der Waals surface area contributed by atoms with E-state index < -0.39 is 5.91 Å². The highest BCUT2D eigenvalue weighted by atomic mass is 16.5. The number of carbonyl (C=O) groups excluding carboxylic acids is 1. The van der Waals surface area contributed by atoms with Gasteiger partial charge in [-0.25, -0.2) is 0 Å². The third-order valence-electron chi connectivity index (χ3n) is 2.61. The maximum Gasteiger partial charge on any atom is 0.243 e. The minimum atomic E-state index is -0.451. The molecular formula is C14H25NO4. The second-order valence-electron chi connectivity index (χ2n) is 4.32. The van der Waals surface area contributed by atoms with Gasteiger partial charge in [-0.15, -0.1) is 6.42 Å². The molecule has 0 aliphatic carbocycles. The first-order valence-electron chi connectivity index (χ1n) is 6.62. The Kier molecular flexibility index (Phi) is 11.3. The van der Waals surface area contributed by atoms with E-state index in [1.165, 1.54) is 0 Å². The van der Waals surface area contributed by atoms with Gasteiger partial charge in [-0.1, -0.05) is 12.8 Å². The highest BCUT2D eigenvalue weighted by Crippen LogP contribution is 2.06. The SMILES string of the molecule is C#CCOC(C)CCOC(CC)CCOCC(N)=O. The average Bonchev–Trinajstić information content (AvgIpc) is 2.38. The molecule has 0 aliphatic rings. The molecule has 0 bridgehead atoms. The summed E-state index contributed by atoms with van der Waals surface area (Å²) in [5, 5.41) is 0. The van der Waals surface area contributed by atoms with Crippen LogP contribution in [-0.2, 0) is 19.0 Å². The van der Waals surface area contributed by atoms with Crippen molar-refractivity contribution in [3.05, 3.63) is 0 Å². The van der Waals surface area contributed by atoms with Gasteiger partial charge in [0.25, 0.3) is 0 Å². The van der Waals surface area contributed by atoms with E-state index in [0.717, 1.165) is 19.3 Å². The highest BCUT2D eigenvalue weighted by Gasteiger charge is 2.08. The lowest BCUT2D eigenvalue weighted by atomic mass is 10.2. The highest BCUT2D eigenvalue weighted by molar-refractivity contribution is 5.74. The third kappa shape index (κ3) is 11.7. The van der Waals surface area contributed by atoms with E-state index in [2.05, 4.69) is 12.8 Å². The van der Waals surface area contributed by atoms with Crippen molar-refractivity contribution in [2.75, 3.05) is 26.4 Å². The molecule has 1 amide bonds. The van der Waals surface area contributed by atoms with Crippen LogP contribution in [0.3, 0.4) is 0 Å². The first-order valence-corrected chi connectivity index (χ1v) is 6.62. The van der Waals surface area contributed by atoms with Crippen LogP contribution in [0, 0.1) is 12.3 Å². The van der Waals surface area contributed by atoms with Crippen LogP contribution in [0.15, 0.2) is 0 Å². The van der Waals surface area contributed by atoms with E-state index in [1.807, 2.05) is 6.92 Å². The van der Waals surface area contributed by atoms with Crippen LogP contribution in [0.5, 0.6) is 0 Å². The molecule has 0 saturated carbocycles. The lowest BCUT2D eigenvalue weighted by molar-refractivity contribution is -0.122. The van der Waals surface area contributed by atoms with Gasteiger partial charge in [-0.3, -0.25) is 4.79 Å². The Labute approximate surface area is 115 Å². The van der Waals surface area contributed by atoms with E-state index in [4.69, 9.17) is 26.4 Å². The second-order valence-corrected chi connectivity index (χ2v) is 4.32. The molecular weight excluding hydrogens is 246 g/mol. The van der Waals surface area contributed by atoms with Crippen molar-refractivity contribution in [3.8, 4) is 12.3 Å². The number of hydrogen-bond donors (Lipinski definition) is 1. The van der Waals surface area contributed by atoms with Gasteiger partial charge in [0, 0.05) is 13.2 Å². The molecule has 0 aromatic heterocycles. The molecule has 0 spiro atoms. The first-order chi connectivity index (χ1) is 9.10. The molecule has 0 aliphatic heterocycles. The van der Waals surface area contributed by atoms with Crippen LogP contribution >= 0.6 is 0 Å². The minimum Gasteiger partial charge on any atom is -0.378 e. The van der Waals surface area contributed by atoms with Gasteiger partial charge in [-0.05, 0) is 26.2 Å². The molecule has 0 rings (SSSR count). The van der Waals surface area contributed by atoms with Crippen molar-refractivity contribution in [1.29, 1.82) is 0 Å². The summed E-state index contributed by atoms with van der Waals surface area (Å²) in [5.74, 6) is 1.98. The number of nitrogens with two attached hydrogens (primary N) is 1. The Morgan fingerprint density at radius 2 is 2.05 bits per heavy atom. The van der Waals surface area contributed by atoms with Gasteiger partial charge in [0.1, 0.15) is 13.2 Å². The number of ether oxygens (including phenoxy) is 3. The lowest BCUT2D eigenvalue weighted by Crippen LogP contribution is -2.22. The Bertz CT molecular complexity index is 275. The van der Waals surface area contributed by atoms with Gasteiger partial charge < -0.3 is 19.9 Å². The number of rotatable bonds is 12. The predicted molar refractivity (Wildman–Crippen MR) is 73.5 cm³/mol. The minimum absolute atomic E-state index is 0.0343. The fourth-order valence-electron chi connectivity index (χ4n) is 1.47. The molecule has 2 atom stereocenters. The normalized spacial score (nSPS) is 13.7. The van der Waals surface area contributed by atoms with Crippen LogP contribution in [0.1, 0.15) is 33.1 Å². The van der Waals surface area contributed by atoms with Crippen LogP contribution in [0.4, 0.5) is 0 Å². The Morgan fingerprint density at radius 3 is 2.63 bits per heavy atom. The Morgan fingerprint density at radius 1 is 1.32 bits per heavy atom. The van der Waals surface area contributed by atoms with Crippen molar-refractivity contribution in [3.63, 3.8) is 0 Å². The van der Waals surface area contributed by atoms with Gasteiger partial charge in [-0.2, -0.15) is 0 Å². The molecule has 0 aromatic rings. The molecule has 5 nitrogen and oxygen atoms in total. The van der Waals surface area contributed by atoms with E-state index in [0.29, 0.717) is 19.8 Å². The van der Waals surface area contributed by atoms with E-state index in [1.54, 1.807) is 0 Å². The monoisotopic (exact) mass is 271 g/mol. The fraction of sp³-hybridized carbons (Fsp3) is 0.786. The summed E-state index contributed by atoms with van der Waals surface area (Å²) in [6.45, 7) is 5.42. The Balaban J connectivity index is 3.58. The van der Waals surface area contributed by atoms with Crippen LogP contribution in [0.2, 0.25) is 0 Å². The smallest absolute Gasteiger partial charge is 0.243 e. The summed E-state index contributed by atoms with van der Waals surface area (Å²) in [4.78, 5) is 10.5. The predicted octanol–water partition coefficient (Wildman–Crippen LogP) is 1.10. The molecule has 5 heteroatoms. The van der Waals surface area contributed by atoms with Crippen LogP contribution < -0.4 is 5.73 Å². The molecule has 0 radical (unpaired) electrons. The van der Waals surface area contributed by atoms with Gasteiger partial charge in [0.2, 0.25) is 5.91 Å². The summed E-state index contributed by atoms with van der Waals surface area (Å²) in [5.41, 5.74) is 4.97. The topological polar surface area (TPSA) is 70.8 Å². The summed E-state index contributed by atoms with van der Waals surface area (Å²) in [7, 11) is 0. The van der Waals surface area contributed by atoms with E-state index in [9.17, 15) is 4.79 Å². The molecule has 110 valence electrons. The number of carbonyl (C=O) groups is 1. The molecule has 2 N–H and O–H groups in total. The number of primary amides is 1. The largest absolute Gasteiger partial charge is 0.378 e. The molecule has 19 heavy (non-hydrogen) atoms. The molecule has 0 heterocycles. The second kappa shape index (κ2) is 12.0. The lowest BCUT2D eigenvalue weighted by Gasteiger charge is -2.17. The van der Waals surface area contributed by atoms with Crippen molar-refractivity contribution in [2.45, 2.75) is 45.3 Å². The maximum absolute atomic E-state index is 10.5. The van der Waals surface area contributed by atoms with Gasteiger partial charge >= 0.3 is 0 Å². The number of terminal acetylenes is 1. The molecule has 0 saturated heterocycles. The van der Waals surface area contributed by atoms with Crippen molar-refractivity contribution in [1.82, 2.24) is 0 Å². The summed E-state index contributed by atoms with van der Waals surface area (Å²) in [6.07, 6.45) is 7.80. The van der Waals surface area contributed by atoms with Crippen molar-refractivity contribution < 1.29 is 19.0 Å². The third-order valence-corrected chi connectivity index (χ3v) is 2.61. The van der Waals surface area contributed by atoms with Gasteiger partial charge in [0.15, 0.2) is 0 Å². The quantitative estimate of drug-likeness (QED) is 0.426. The van der Waals surface area contributed by atoms with E-state index in [-0.39, 0.29) is 18.8 Å². The summed E-state index contributed by atoms with van der Waals surface area (Å²) < 4.78 is 16.2. The van der Waals surface area contributed by atoms with E-state index >= 15 is 0 Å². The number of amides is 1. The summed E-state index contributed by atoms with van der Waals surface area (Å²) in [6, 6.07) is 0. The van der Waals surface area contributed by atoms with Crippen molar-refractivity contribution in [2.24, 2.45) is 5.73 Å². The molecule has 0 fully saturated rings. The average molecular weight is 271 g/mol. The maximum atomic E-state index is 10.5.